The van der Waals surface area contributed by atoms with Crippen LogP contribution in [0.15, 0.2) is 0 Å². The highest BCUT2D eigenvalue weighted by atomic mass is 16.7. The van der Waals surface area contributed by atoms with Gasteiger partial charge in [-0.3, -0.25) is 0 Å². The number of ether oxygens (including phenoxy) is 2. The summed E-state index contributed by atoms with van der Waals surface area (Å²) in [4.78, 5) is 10.6. The third-order valence-electron chi connectivity index (χ3n) is 2.41. The second-order valence-corrected chi connectivity index (χ2v) is 4.27. The van der Waals surface area contributed by atoms with Gasteiger partial charge in [-0.15, -0.1) is 0 Å². The molecule has 0 aromatic heterocycles. The van der Waals surface area contributed by atoms with E-state index in [1.54, 1.807) is 0 Å². The van der Waals surface area contributed by atoms with E-state index in [1.165, 1.54) is 0 Å². The van der Waals surface area contributed by atoms with Crippen molar-refractivity contribution in [2.24, 2.45) is 11.8 Å². The molecule has 1 saturated heterocycles. The fourth-order valence-electron chi connectivity index (χ4n) is 1.61. The molecule has 0 bridgehead atoms. The molecule has 0 aromatic carbocycles. The predicted molar refractivity (Wildman–Crippen MR) is 49.3 cm³/mol. The van der Waals surface area contributed by atoms with E-state index >= 15 is 0 Å². The first-order valence-electron chi connectivity index (χ1n) is 4.73. The van der Waals surface area contributed by atoms with Gasteiger partial charge in [0.1, 0.15) is 6.29 Å². The van der Waals surface area contributed by atoms with Crippen molar-refractivity contribution in [1.29, 1.82) is 0 Å². The summed E-state index contributed by atoms with van der Waals surface area (Å²) in [5, 5.41) is 0. The van der Waals surface area contributed by atoms with Gasteiger partial charge in [-0.1, -0.05) is 13.8 Å². The van der Waals surface area contributed by atoms with Gasteiger partial charge in [0, 0.05) is 11.8 Å². The van der Waals surface area contributed by atoms with Gasteiger partial charge < -0.3 is 14.3 Å². The molecular weight excluding hydrogens is 168 g/mol. The van der Waals surface area contributed by atoms with Crippen LogP contribution in [0, 0.1) is 11.8 Å². The van der Waals surface area contributed by atoms with Crippen LogP contribution < -0.4 is 0 Å². The lowest BCUT2D eigenvalue weighted by molar-refractivity contribution is -0.296. The van der Waals surface area contributed by atoms with Crippen LogP contribution in [0.4, 0.5) is 0 Å². The number of hydrogen-bond acceptors (Lipinski definition) is 3. The van der Waals surface area contributed by atoms with Crippen LogP contribution in [0.2, 0.25) is 0 Å². The summed E-state index contributed by atoms with van der Waals surface area (Å²) in [6, 6.07) is 0. The largest absolute Gasteiger partial charge is 0.350 e. The van der Waals surface area contributed by atoms with E-state index in [9.17, 15) is 4.79 Å². The van der Waals surface area contributed by atoms with Crippen molar-refractivity contribution < 1.29 is 14.3 Å². The molecule has 13 heavy (non-hydrogen) atoms. The molecule has 0 unspecified atom stereocenters. The Balaban J connectivity index is 2.65. The minimum Gasteiger partial charge on any atom is -0.350 e. The standard InChI is InChI=1S/C10H18O3/c1-7(5-11)9-8(2)6-12-10(3,4)13-9/h5,7-9H,6H2,1-4H3/t7-,8+,9+/m0/s1. The lowest BCUT2D eigenvalue weighted by Crippen LogP contribution is -2.47. The Kier molecular flexibility index (Phi) is 3.09. The molecule has 0 amide bonds. The maximum absolute atomic E-state index is 10.6. The van der Waals surface area contributed by atoms with Gasteiger partial charge in [0.2, 0.25) is 0 Å². The molecule has 0 N–H and O–H groups in total. The van der Waals surface area contributed by atoms with Gasteiger partial charge in [0.15, 0.2) is 5.79 Å². The number of carbonyl (C=O) groups excluding carboxylic acids is 1. The lowest BCUT2D eigenvalue weighted by Gasteiger charge is -2.41. The summed E-state index contributed by atoms with van der Waals surface area (Å²) >= 11 is 0. The minimum atomic E-state index is -0.547. The van der Waals surface area contributed by atoms with Crippen LogP contribution >= 0.6 is 0 Å². The van der Waals surface area contributed by atoms with E-state index in [0.29, 0.717) is 6.61 Å². The molecule has 76 valence electrons. The fraction of sp³-hybridized carbons (Fsp3) is 0.900. The quantitative estimate of drug-likeness (QED) is 0.615. The summed E-state index contributed by atoms with van der Waals surface area (Å²) in [5.74, 6) is -0.319. The second kappa shape index (κ2) is 3.76. The zero-order valence-corrected chi connectivity index (χ0v) is 8.74. The Bertz CT molecular complexity index is 189. The fourth-order valence-corrected chi connectivity index (χ4v) is 1.61. The van der Waals surface area contributed by atoms with Crippen LogP contribution in [0.5, 0.6) is 0 Å². The highest BCUT2D eigenvalue weighted by molar-refractivity contribution is 5.53. The lowest BCUT2D eigenvalue weighted by atomic mass is 9.93. The number of aldehydes is 1. The Hall–Kier alpha value is -0.410. The van der Waals surface area contributed by atoms with Crippen LogP contribution in [0.3, 0.4) is 0 Å². The third kappa shape index (κ3) is 2.51. The maximum atomic E-state index is 10.6. The van der Waals surface area contributed by atoms with E-state index in [-0.39, 0.29) is 17.9 Å². The van der Waals surface area contributed by atoms with Crippen LogP contribution in [0.1, 0.15) is 27.7 Å². The van der Waals surface area contributed by atoms with Crippen molar-refractivity contribution in [3.8, 4) is 0 Å². The minimum absolute atomic E-state index is 0.0127. The molecule has 3 heteroatoms. The SMILES string of the molecule is C[C@@H]1COC(C)(C)O[C@@H]1[C@@H](C)C=O. The average molecular weight is 186 g/mol. The van der Waals surface area contributed by atoms with E-state index in [1.807, 2.05) is 27.7 Å². The number of hydrogen-bond donors (Lipinski definition) is 0. The molecule has 0 saturated carbocycles. The topological polar surface area (TPSA) is 35.5 Å². The predicted octanol–water partition coefficient (Wildman–Crippen LogP) is 1.61. The molecule has 0 spiro atoms. The van der Waals surface area contributed by atoms with Gasteiger partial charge in [-0.25, -0.2) is 0 Å². The summed E-state index contributed by atoms with van der Waals surface area (Å²) < 4.78 is 11.1. The number of carbonyl (C=O) groups is 1. The van der Waals surface area contributed by atoms with Crippen molar-refractivity contribution in [2.75, 3.05) is 6.61 Å². The normalized spacial score (nSPS) is 35.4. The molecule has 1 fully saturated rings. The Morgan fingerprint density at radius 2 is 2.15 bits per heavy atom. The van der Waals surface area contributed by atoms with E-state index in [2.05, 4.69) is 0 Å². The Morgan fingerprint density at radius 3 is 2.69 bits per heavy atom. The molecule has 3 nitrogen and oxygen atoms in total. The average Bonchev–Trinajstić information content (AvgIpc) is 2.08. The van der Waals surface area contributed by atoms with Gasteiger partial charge >= 0.3 is 0 Å². The first-order valence-corrected chi connectivity index (χ1v) is 4.73. The van der Waals surface area contributed by atoms with Crippen molar-refractivity contribution in [2.45, 2.75) is 39.6 Å². The highest BCUT2D eigenvalue weighted by Crippen LogP contribution is 2.29. The molecular formula is C10H18O3. The first kappa shape index (κ1) is 10.7. The van der Waals surface area contributed by atoms with Gasteiger partial charge in [-0.05, 0) is 13.8 Å². The molecule has 1 rings (SSSR count). The molecule has 1 aliphatic rings. The summed E-state index contributed by atoms with van der Waals surface area (Å²) in [6.07, 6.45) is 0.934. The third-order valence-corrected chi connectivity index (χ3v) is 2.41. The van der Waals surface area contributed by atoms with Gasteiger partial charge in [0.25, 0.3) is 0 Å². The van der Waals surface area contributed by atoms with Crippen LogP contribution in [-0.4, -0.2) is 24.8 Å². The second-order valence-electron chi connectivity index (χ2n) is 4.27. The van der Waals surface area contributed by atoms with E-state index in [0.717, 1.165) is 6.29 Å². The van der Waals surface area contributed by atoms with Crippen molar-refractivity contribution in [3.63, 3.8) is 0 Å². The molecule has 1 heterocycles. The van der Waals surface area contributed by atoms with Gasteiger partial charge in [-0.2, -0.15) is 0 Å². The van der Waals surface area contributed by atoms with Crippen molar-refractivity contribution >= 4 is 6.29 Å². The van der Waals surface area contributed by atoms with Crippen LogP contribution in [-0.2, 0) is 14.3 Å². The maximum Gasteiger partial charge on any atom is 0.163 e. The van der Waals surface area contributed by atoms with Crippen molar-refractivity contribution in [1.82, 2.24) is 0 Å². The molecule has 0 radical (unpaired) electrons. The van der Waals surface area contributed by atoms with Crippen molar-refractivity contribution in [3.05, 3.63) is 0 Å². The Morgan fingerprint density at radius 1 is 1.54 bits per heavy atom. The summed E-state index contributed by atoms with van der Waals surface area (Å²) in [6.45, 7) is 8.35. The molecule has 0 aromatic rings. The molecule has 3 atom stereocenters. The zero-order valence-electron chi connectivity index (χ0n) is 8.74. The molecule has 1 aliphatic heterocycles. The van der Waals surface area contributed by atoms with E-state index in [4.69, 9.17) is 9.47 Å². The molecule has 0 aliphatic carbocycles. The van der Waals surface area contributed by atoms with Gasteiger partial charge in [0.05, 0.1) is 12.7 Å². The smallest absolute Gasteiger partial charge is 0.163 e. The summed E-state index contributed by atoms with van der Waals surface area (Å²) in [7, 11) is 0. The highest BCUT2D eigenvalue weighted by Gasteiger charge is 2.36. The zero-order chi connectivity index (χ0) is 10.1. The Labute approximate surface area is 79.4 Å². The monoisotopic (exact) mass is 186 g/mol. The first-order chi connectivity index (χ1) is 5.96. The number of rotatable bonds is 2. The van der Waals surface area contributed by atoms with E-state index < -0.39 is 5.79 Å². The van der Waals surface area contributed by atoms with Crippen LogP contribution in [0.25, 0.3) is 0 Å². The summed E-state index contributed by atoms with van der Waals surface area (Å²) in [5.41, 5.74) is 0.